The summed E-state index contributed by atoms with van der Waals surface area (Å²) >= 11 is 11.8. The van der Waals surface area contributed by atoms with E-state index in [1.54, 1.807) is 0 Å². The van der Waals surface area contributed by atoms with Crippen molar-refractivity contribution in [2.24, 2.45) is 0 Å². The Morgan fingerprint density at radius 1 is 0.518 bits per heavy atom. The van der Waals surface area contributed by atoms with Crippen LogP contribution in [0.5, 0.6) is 0 Å². The van der Waals surface area contributed by atoms with Crippen LogP contribution in [0.4, 0.5) is 35.2 Å². The zero-order valence-electron chi connectivity index (χ0n) is 29.6. The molecule has 56 heavy (non-hydrogen) atoms. The third-order valence-electron chi connectivity index (χ3n) is 6.04. The molecule has 0 aliphatic heterocycles. The molecule has 0 atom stereocenters. The van der Waals surface area contributed by atoms with E-state index in [4.69, 9.17) is 32.3 Å². The van der Waals surface area contributed by atoms with Crippen LogP contribution in [0.25, 0.3) is 12.2 Å². The van der Waals surface area contributed by atoms with Crippen molar-refractivity contribution in [3.63, 3.8) is 0 Å². The van der Waals surface area contributed by atoms with Crippen molar-refractivity contribution < 1.29 is 51.9 Å². The fourth-order valence-electron chi connectivity index (χ4n) is 3.94. The quantitative estimate of drug-likeness (QED) is 0.0433. The van der Waals surface area contributed by atoms with Crippen molar-refractivity contribution >= 4 is 229 Å². The van der Waals surface area contributed by atoms with Crippen LogP contribution in [0.2, 0.25) is 10.6 Å². The molecule has 8 N–H and O–H groups in total. The number of nitrogens with zero attached hydrogens (tertiary/aromatic N) is 6. The maximum atomic E-state index is 12.3. The summed E-state index contributed by atoms with van der Waals surface area (Å²) in [6.07, 6.45) is 2.27. The van der Waals surface area contributed by atoms with Gasteiger partial charge in [0.25, 0.3) is 40.5 Å². The molecule has 22 nitrogen and oxygen atoms in total. The molecule has 2 aromatic carbocycles. The van der Waals surface area contributed by atoms with Gasteiger partial charge in [-0.2, -0.15) is 63.6 Å². The van der Waals surface area contributed by atoms with Gasteiger partial charge in [-0.15, -0.1) is 0 Å². The molecular weight excluding hydrogens is 911 g/mol. The van der Waals surface area contributed by atoms with Crippen molar-refractivity contribution in [1.82, 2.24) is 29.9 Å². The zero-order valence-corrected chi connectivity index (χ0v) is 42.4. The van der Waals surface area contributed by atoms with E-state index in [0.717, 1.165) is 24.3 Å². The molecule has 4 rings (SSSR count). The molecule has 0 saturated heterocycles. The number of halogens is 2. The van der Waals surface area contributed by atoms with Crippen molar-refractivity contribution in [3.05, 3.63) is 58.1 Å². The van der Waals surface area contributed by atoms with Crippen LogP contribution in [0, 0.1) is 0 Å². The Labute approximate surface area is 418 Å². The van der Waals surface area contributed by atoms with Crippen molar-refractivity contribution in [2.75, 3.05) is 45.9 Å². The number of nitrogens with one attached hydrogen (secondary N) is 4. The topological polar surface area (TPSA) is 343 Å². The molecular formula is C24H24Cl2N10Na4O12S4. The van der Waals surface area contributed by atoms with E-state index in [-0.39, 0.29) is 188 Å². The fraction of sp³-hybridized carbons (Fsp3) is 0.167. The van der Waals surface area contributed by atoms with E-state index in [9.17, 15) is 42.8 Å². The molecule has 0 bridgehead atoms. The normalized spacial score (nSPS) is 11.6. The minimum atomic E-state index is -4.91. The Kier molecular flexibility index (Phi) is 23.4. The largest absolute Gasteiger partial charge is 0.353 e. The number of hydrogen-bond acceptors (Lipinski definition) is 18. The molecule has 2 heterocycles. The Balaban J connectivity index is 0.00000756. The van der Waals surface area contributed by atoms with Crippen LogP contribution in [0.1, 0.15) is 11.1 Å². The van der Waals surface area contributed by atoms with Gasteiger partial charge in [-0.3, -0.25) is 18.2 Å². The van der Waals surface area contributed by atoms with E-state index >= 15 is 0 Å². The van der Waals surface area contributed by atoms with Gasteiger partial charge >= 0.3 is 0 Å². The molecule has 0 aliphatic carbocycles. The van der Waals surface area contributed by atoms with Gasteiger partial charge < -0.3 is 21.3 Å². The van der Waals surface area contributed by atoms with Crippen LogP contribution in [0.3, 0.4) is 0 Å². The SMILES string of the molecule is O=S(=O)(O)CCNc1nc(Cl)nc(Nc2ccc(C=Cc3ccc(Nc4nc(Cl)nc(NCCS(=O)(=O)O)n4)cc3S(=O)(=O)O)c(S(=O)(=O)O)c2)n1.[Na].[Na].[Na].[Na]. The number of benzene rings is 2. The molecule has 0 unspecified atom stereocenters. The number of aromatic nitrogens is 6. The monoisotopic (exact) mass is 934 g/mol. The minimum Gasteiger partial charge on any atom is -0.353 e. The van der Waals surface area contributed by atoms with Crippen molar-refractivity contribution in [1.29, 1.82) is 0 Å². The second-order valence-electron chi connectivity index (χ2n) is 9.97. The van der Waals surface area contributed by atoms with Crippen molar-refractivity contribution in [3.8, 4) is 0 Å². The van der Waals surface area contributed by atoms with Crippen LogP contribution < -0.4 is 21.3 Å². The Morgan fingerprint density at radius 3 is 1.14 bits per heavy atom. The first-order chi connectivity index (χ1) is 24.0. The van der Waals surface area contributed by atoms with E-state index in [1.165, 1.54) is 24.3 Å². The predicted molar refractivity (Wildman–Crippen MR) is 211 cm³/mol. The second-order valence-corrected chi connectivity index (χ2v) is 16.6. The first kappa shape index (κ1) is 55.6. The summed E-state index contributed by atoms with van der Waals surface area (Å²) < 4.78 is 131. The third-order valence-corrected chi connectivity index (χ3v) is 9.64. The first-order valence-electron chi connectivity index (χ1n) is 13.7. The first-order valence-corrected chi connectivity index (χ1v) is 20.6. The molecule has 0 amide bonds. The van der Waals surface area contributed by atoms with Gasteiger partial charge in [0.2, 0.25) is 34.4 Å². The van der Waals surface area contributed by atoms with E-state index < -0.39 is 61.8 Å². The van der Waals surface area contributed by atoms with Gasteiger partial charge in [0.05, 0.1) is 11.5 Å². The van der Waals surface area contributed by atoms with Gasteiger partial charge in [-0.25, -0.2) is 0 Å². The standard InChI is InChI=1S/C24H24Cl2N10O12S4.4Na/c25-19-31-21(27-7-9-49(37,38)39)35-23(33-19)29-15-5-3-13(17(11-15)51(43,44)45)1-2-14-4-6-16(12-18(14)52(46,47)48)30-24-34-20(26)32-22(36-24)28-8-10-50(40,41)42;;;;/h1-6,11-12H,7-10H2,(H,37,38,39)(H,40,41,42)(H,43,44,45)(H,46,47,48)(H2,27,29,31,33,35)(H2,28,30,32,34,36);;;;. The maximum absolute atomic E-state index is 12.3. The van der Waals surface area contributed by atoms with Gasteiger partial charge in [-0.1, -0.05) is 24.3 Å². The Morgan fingerprint density at radius 2 is 0.839 bits per heavy atom. The smallest absolute Gasteiger partial charge is 0.295 e. The number of hydrogen-bond donors (Lipinski definition) is 8. The zero-order chi connectivity index (χ0) is 38.5. The van der Waals surface area contributed by atoms with Gasteiger partial charge in [0.1, 0.15) is 9.79 Å². The van der Waals surface area contributed by atoms with E-state index in [0.29, 0.717) is 0 Å². The van der Waals surface area contributed by atoms with Crippen LogP contribution in [-0.4, -0.2) is 225 Å². The summed E-state index contributed by atoms with van der Waals surface area (Å²) in [5.74, 6) is -2.17. The molecule has 4 radical (unpaired) electrons. The Hall–Kier alpha value is -0.380. The summed E-state index contributed by atoms with van der Waals surface area (Å²) in [4.78, 5) is 21.8. The predicted octanol–water partition coefficient (Wildman–Crippen LogP) is 0.591. The Bertz CT molecular complexity index is 2330. The summed E-state index contributed by atoms with van der Waals surface area (Å²) in [7, 11) is -18.4. The molecule has 4 aromatic rings. The van der Waals surface area contributed by atoms with Gasteiger partial charge in [-0.05, 0) is 58.6 Å². The summed E-state index contributed by atoms with van der Waals surface area (Å²) in [5.41, 5.74) is -0.237. The van der Waals surface area contributed by atoms with Gasteiger partial charge in [0.15, 0.2) is 0 Å². The molecule has 0 saturated carbocycles. The van der Waals surface area contributed by atoms with Crippen LogP contribution in [-0.2, 0) is 40.5 Å². The van der Waals surface area contributed by atoms with E-state index in [1.807, 2.05) is 0 Å². The van der Waals surface area contributed by atoms with Gasteiger partial charge in [0, 0.05) is 143 Å². The van der Waals surface area contributed by atoms with Crippen molar-refractivity contribution in [2.45, 2.75) is 9.79 Å². The molecule has 284 valence electrons. The number of anilines is 6. The second kappa shape index (κ2) is 23.6. The van der Waals surface area contributed by atoms with E-state index in [2.05, 4.69) is 51.2 Å². The van der Waals surface area contributed by atoms with Crippen LogP contribution >= 0.6 is 23.2 Å². The summed E-state index contributed by atoms with van der Waals surface area (Å²) in [5, 5.41) is 9.64. The fourth-order valence-corrected chi connectivity index (χ4v) is 6.40. The summed E-state index contributed by atoms with van der Waals surface area (Å²) in [6, 6.07) is 7.09. The molecule has 0 fully saturated rings. The molecule has 0 spiro atoms. The van der Waals surface area contributed by atoms with Crippen LogP contribution in [0.15, 0.2) is 46.2 Å². The molecule has 32 heteroatoms. The molecule has 2 aromatic heterocycles. The maximum Gasteiger partial charge on any atom is 0.295 e. The third kappa shape index (κ3) is 18.9. The minimum absolute atomic E-state index is 0. The average molecular weight is 936 g/mol. The average Bonchev–Trinajstić information content (AvgIpc) is 2.98. The molecule has 0 aliphatic rings. The summed E-state index contributed by atoms with van der Waals surface area (Å²) in [6.45, 7) is -0.580. The number of rotatable bonds is 16.